The van der Waals surface area contributed by atoms with E-state index in [1.54, 1.807) is 72.7 Å². The number of rotatable bonds is 8. The van der Waals surface area contributed by atoms with Gasteiger partial charge in [-0.15, -0.1) is 0 Å². The third-order valence-electron chi connectivity index (χ3n) is 4.94. The van der Waals surface area contributed by atoms with Crippen LogP contribution in [0.25, 0.3) is 5.69 Å². The zero-order valence-electron chi connectivity index (χ0n) is 18.2. The Bertz CT molecular complexity index is 1330. The van der Waals surface area contributed by atoms with E-state index >= 15 is 0 Å². The second-order valence-electron chi connectivity index (χ2n) is 7.49. The number of carbonyl (C=O) groups is 2. The molecule has 34 heavy (non-hydrogen) atoms. The molecule has 2 heterocycles. The molecule has 0 fully saturated rings. The predicted octanol–water partition coefficient (Wildman–Crippen LogP) is 3.57. The fourth-order valence-electron chi connectivity index (χ4n) is 3.30. The van der Waals surface area contributed by atoms with E-state index in [1.807, 2.05) is 0 Å². The van der Waals surface area contributed by atoms with E-state index in [0.717, 1.165) is 0 Å². The highest BCUT2D eigenvalue weighted by molar-refractivity contribution is 6.05. The first-order chi connectivity index (χ1) is 16.4. The number of hydrogen-bond donors (Lipinski definition) is 2. The first-order valence-electron chi connectivity index (χ1n) is 10.4. The minimum atomic E-state index is -0.482. The van der Waals surface area contributed by atoms with E-state index in [2.05, 4.69) is 20.7 Å². The number of anilines is 2. The Kier molecular flexibility index (Phi) is 6.44. The van der Waals surface area contributed by atoms with Crippen LogP contribution in [0, 0.1) is 17.0 Å². The maximum atomic E-state index is 12.9. The van der Waals surface area contributed by atoms with Gasteiger partial charge in [-0.2, -0.15) is 5.10 Å². The molecule has 0 unspecified atom stereocenters. The Morgan fingerprint density at radius 1 is 1.09 bits per heavy atom. The number of nitro benzene ring substituents is 1. The van der Waals surface area contributed by atoms with Crippen LogP contribution in [0.5, 0.6) is 0 Å². The number of nitrogens with zero attached hydrogens (tertiary/aromatic N) is 5. The monoisotopic (exact) mass is 459 g/mol. The zero-order valence-corrected chi connectivity index (χ0v) is 18.2. The van der Waals surface area contributed by atoms with Crippen molar-refractivity contribution in [1.82, 2.24) is 19.3 Å². The minimum absolute atomic E-state index is 0.0397. The second kappa shape index (κ2) is 9.77. The quantitative estimate of drug-likeness (QED) is 0.305. The van der Waals surface area contributed by atoms with Gasteiger partial charge in [-0.1, -0.05) is 6.07 Å². The number of imidazole rings is 1. The van der Waals surface area contributed by atoms with Crippen molar-refractivity contribution in [2.45, 2.75) is 19.9 Å². The topological polar surface area (TPSA) is 137 Å². The first-order valence-corrected chi connectivity index (χ1v) is 10.4. The highest BCUT2D eigenvalue weighted by atomic mass is 16.6. The lowest BCUT2D eigenvalue weighted by Gasteiger charge is -2.10. The van der Waals surface area contributed by atoms with Crippen molar-refractivity contribution in [3.8, 4) is 5.69 Å². The summed E-state index contributed by atoms with van der Waals surface area (Å²) in [5.74, 6) is -0.165. The number of nitrogens with one attached hydrogen (secondary N) is 2. The van der Waals surface area contributed by atoms with Crippen LogP contribution in [0.1, 0.15) is 22.5 Å². The third kappa shape index (κ3) is 5.33. The van der Waals surface area contributed by atoms with Crippen LogP contribution >= 0.6 is 0 Å². The van der Waals surface area contributed by atoms with Crippen LogP contribution in [0.2, 0.25) is 0 Å². The van der Waals surface area contributed by atoms with Crippen LogP contribution in [0.4, 0.5) is 17.2 Å². The van der Waals surface area contributed by atoms with Gasteiger partial charge in [0.05, 0.1) is 22.6 Å². The highest BCUT2D eigenvalue weighted by Crippen LogP contribution is 2.21. The molecule has 2 aromatic heterocycles. The summed E-state index contributed by atoms with van der Waals surface area (Å²) in [6.07, 6.45) is 5.33. The van der Waals surface area contributed by atoms with Crippen LogP contribution in [0.15, 0.2) is 73.3 Å². The molecule has 11 nitrogen and oxygen atoms in total. The summed E-state index contributed by atoms with van der Waals surface area (Å²) in [6.45, 7) is 2.27. The van der Waals surface area contributed by atoms with E-state index in [1.165, 1.54) is 16.8 Å². The van der Waals surface area contributed by atoms with E-state index < -0.39 is 10.8 Å². The summed E-state index contributed by atoms with van der Waals surface area (Å²) in [5.41, 5.74) is 2.03. The summed E-state index contributed by atoms with van der Waals surface area (Å²) >= 11 is 0. The molecule has 4 rings (SSSR count). The molecular formula is C23H21N7O4. The fourth-order valence-corrected chi connectivity index (χ4v) is 3.30. The fraction of sp³-hybridized carbons (Fsp3) is 0.130. The normalized spacial score (nSPS) is 10.6. The number of carbonyl (C=O) groups excluding carboxylic acids is 2. The molecule has 0 aliphatic carbocycles. The van der Waals surface area contributed by atoms with Gasteiger partial charge in [0.15, 0.2) is 0 Å². The number of benzene rings is 2. The third-order valence-corrected chi connectivity index (χ3v) is 4.94. The van der Waals surface area contributed by atoms with Crippen LogP contribution < -0.4 is 10.6 Å². The van der Waals surface area contributed by atoms with Crippen molar-refractivity contribution in [1.29, 1.82) is 0 Å². The maximum absolute atomic E-state index is 12.9. The summed E-state index contributed by atoms with van der Waals surface area (Å²) < 4.78 is 3.30. The molecule has 172 valence electrons. The van der Waals surface area contributed by atoms with Crippen molar-refractivity contribution in [3.05, 3.63) is 94.7 Å². The average molecular weight is 459 g/mol. The number of hydrogen-bond acceptors (Lipinski definition) is 6. The Morgan fingerprint density at radius 3 is 2.59 bits per heavy atom. The van der Waals surface area contributed by atoms with Gasteiger partial charge in [-0.3, -0.25) is 19.7 Å². The molecular weight excluding hydrogens is 438 g/mol. The molecule has 0 atom stereocenters. The Morgan fingerprint density at radius 2 is 1.88 bits per heavy atom. The lowest BCUT2D eigenvalue weighted by Crippen LogP contribution is -2.17. The molecule has 0 saturated heterocycles. The SMILES string of the molecule is Cc1cc(NC(=O)c2cccc(NC(=O)CCn3ccnc3)c2)n(-c2ccc([N+](=O)[O-])cc2)n1. The molecule has 0 aliphatic heterocycles. The smallest absolute Gasteiger partial charge is 0.269 e. The molecule has 2 N–H and O–H groups in total. The van der Waals surface area contributed by atoms with Gasteiger partial charge in [-0.25, -0.2) is 9.67 Å². The molecule has 0 spiro atoms. The Hall–Kier alpha value is -4.80. The van der Waals surface area contributed by atoms with Crippen LogP contribution in [-0.2, 0) is 11.3 Å². The minimum Gasteiger partial charge on any atom is -0.337 e. The summed E-state index contributed by atoms with van der Waals surface area (Å²) in [7, 11) is 0. The number of aryl methyl sites for hydroxylation is 2. The van der Waals surface area contributed by atoms with Gasteiger partial charge in [0.25, 0.3) is 11.6 Å². The molecule has 2 amide bonds. The molecule has 11 heteroatoms. The van der Waals surface area contributed by atoms with Crippen molar-refractivity contribution in [3.63, 3.8) is 0 Å². The lowest BCUT2D eigenvalue weighted by atomic mass is 10.2. The second-order valence-corrected chi connectivity index (χ2v) is 7.49. The average Bonchev–Trinajstić information content (AvgIpc) is 3.47. The molecule has 0 bridgehead atoms. The van der Waals surface area contributed by atoms with Gasteiger partial charge in [-0.05, 0) is 37.3 Å². The molecule has 4 aromatic rings. The summed E-state index contributed by atoms with van der Waals surface area (Å²) in [6, 6.07) is 14.2. The molecule has 2 aromatic carbocycles. The van der Waals surface area contributed by atoms with Crippen molar-refractivity contribution >= 4 is 29.0 Å². The van der Waals surface area contributed by atoms with E-state index in [9.17, 15) is 19.7 Å². The highest BCUT2D eigenvalue weighted by Gasteiger charge is 2.14. The Labute approximate surface area is 194 Å². The van der Waals surface area contributed by atoms with Gasteiger partial charge in [0.1, 0.15) is 5.82 Å². The van der Waals surface area contributed by atoms with Crippen molar-refractivity contribution < 1.29 is 14.5 Å². The predicted molar refractivity (Wildman–Crippen MR) is 125 cm³/mol. The maximum Gasteiger partial charge on any atom is 0.269 e. The number of non-ortho nitro benzene ring substituents is 1. The molecule has 0 radical (unpaired) electrons. The van der Waals surface area contributed by atoms with Crippen LogP contribution in [-0.4, -0.2) is 36.1 Å². The zero-order chi connectivity index (χ0) is 24.1. The number of aromatic nitrogens is 4. The molecule has 0 saturated carbocycles. The summed E-state index contributed by atoms with van der Waals surface area (Å²) in [5, 5.41) is 20.9. The number of amides is 2. The summed E-state index contributed by atoms with van der Waals surface area (Å²) in [4.78, 5) is 39.5. The van der Waals surface area contributed by atoms with E-state index in [0.29, 0.717) is 35.0 Å². The van der Waals surface area contributed by atoms with Crippen molar-refractivity contribution in [2.75, 3.05) is 10.6 Å². The van der Waals surface area contributed by atoms with Gasteiger partial charge < -0.3 is 15.2 Å². The molecule has 0 aliphatic rings. The number of nitro groups is 1. The first kappa shape index (κ1) is 22.4. The van der Waals surface area contributed by atoms with E-state index in [-0.39, 0.29) is 18.0 Å². The van der Waals surface area contributed by atoms with E-state index in [4.69, 9.17) is 0 Å². The lowest BCUT2D eigenvalue weighted by molar-refractivity contribution is -0.384. The Balaban J connectivity index is 1.45. The standard InChI is InChI=1S/C23H21N7O4/c1-16-13-21(29(27-16)19-5-7-20(8-6-19)30(33)34)26-23(32)17-3-2-4-18(14-17)25-22(31)9-11-28-12-10-24-15-28/h2-8,10,12-15H,9,11H2,1H3,(H,25,31)(H,26,32). The van der Waals surface area contributed by atoms with Crippen molar-refractivity contribution in [2.24, 2.45) is 0 Å². The van der Waals surface area contributed by atoms with Gasteiger partial charge in [0, 0.05) is 54.8 Å². The van der Waals surface area contributed by atoms with Gasteiger partial charge in [0.2, 0.25) is 5.91 Å². The van der Waals surface area contributed by atoms with Gasteiger partial charge >= 0.3 is 0 Å². The van der Waals surface area contributed by atoms with Crippen LogP contribution in [0.3, 0.4) is 0 Å². The largest absolute Gasteiger partial charge is 0.337 e.